The lowest BCUT2D eigenvalue weighted by Gasteiger charge is -2.26. The van der Waals surface area contributed by atoms with Crippen LogP contribution in [0.2, 0.25) is 0 Å². The number of imidazole rings is 1. The van der Waals surface area contributed by atoms with Crippen LogP contribution in [0.15, 0.2) is 18.6 Å². The van der Waals surface area contributed by atoms with Crippen LogP contribution in [0.4, 0.5) is 0 Å². The van der Waals surface area contributed by atoms with E-state index in [1.807, 2.05) is 10.7 Å². The Bertz CT molecular complexity index is 473. The van der Waals surface area contributed by atoms with Gasteiger partial charge >= 0.3 is 0 Å². The number of nitrogens with zero attached hydrogens (tertiary/aromatic N) is 5. The molecule has 1 aliphatic heterocycles. The van der Waals surface area contributed by atoms with Gasteiger partial charge in [-0.1, -0.05) is 0 Å². The van der Waals surface area contributed by atoms with Crippen LogP contribution >= 0.6 is 0 Å². The van der Waals surface area contributed by atoms with E-state index in [9.17, 15) is 0 Å². The predicted octanol–water partition coefficient (Wildman–Crippen LogP) is -0.471. The van der Waals surface area contributed by atoms with Crippen molar-refractivity contribution in [2.24, 2.45) is 0 Å². The summed E-state index contributed by atoms with van der Waals surface area (Å²) in [6, 6.07) is 0. The second-order valence-electron chi connectivity index (χ2n) is 3.93. The Kier molecular flexibility index (Phi) is 2.51. The summed E-state index contributed by atoms with van der Waals surface area (Å²) in [6.07, 6.45) is 5.21. The highest BCUT2D eigenvalue weighted by atomic mass is 15.3. The second kappa shape index (κ2) is 4.15. The first-order valence-corrected chi connectivity index (χ1v) is 5.50. The van der Waals surface area contributed by atoms with Gasteiger partial charge in [0.2, 0.25) is 0 Å². The van der Waals surface area contributed by atoms with Crippen molar-refractivity contribution in [2.75, 3.05) is 26.2 Å². The van der Waals surface area contributed by atoms with Gasteiger partial charge in [0.1, 0.15) is 0 Å². The van der Waals surface area contributed by atoms with Gasteiger partial charge in [-0.25, -0.2) is 14.5 Å². The molecule has 1 saturated heterocycles. The Morgan fingerprint density at radius 2 is 2.06 bits per heavy atom. The molecule has 0 bridgehead atoms. The molecule has 0 unspecified atom stereocenters. The Balaban J connectivity index is 1.83. The number of piperazine rings is 1. The SMILES string of the molecule is c1cnn2c(CN3CCNCC3)cnc2n1. The molecule has 1 fully saturated rings. The summed E-state index contributed by atoms with van der Waals surface area (Å²) in [4.78, 5) is 10.8. The molecule has 0 spiro atoms. The van der Waals surface area contributed by atoms with Gasteiger partial charge in [0.25, 0.3) is 5.78 Å². The zero-order valence-electron chi connectivity index (χ0n) is 9.00. The molecular weight excluding hydrogens is 204 g/mol. The van der Waals surface area contributed by atoms with Crippen LogP contribution in [-0.2, 0) is 6.54 Å². The average Bonchev–Trinajstić information content (AvgIpc) is 2.74. The molecule has 0 aromatic carbocycles. The van der Waals surface area contributed by atoms with Crippen molar-refractivity contribution in [3.8, 4) is 0 Å². The summed E-state index contributed by atoms with van der Waals surface area (Å²) in [5.74, 6) is 0.674. The quantitative estimate of drug-likeness (QED) is 0.738. The molecule has 84 valence electrons. The molecule has 2 aromatic rings. The molecular formula is C10H14N6. The molecule has 3 rings (SSSR count). The van der Waals surface area contributed by atoms with Crippen LogP contribution in [0.5, 0.6) is 0 Å². The fraction of sp³-hybridized carbons (Fsp3) is 0.500. The topological polar surface area (TPSA) is 58.4 Å². The molecule has 6 heteroatoms. The minimum atomic E-state index is 0.674. The minimum Gasteiger partial charge on any atom is -0.314 e. The zero-order valence-corrected chi connectivity index (χ0v) is 9.00. The average molecular weight is 218 g/mol. The van der Waals surface area contributed by atoms with E-state index < -0.39 is 0 Å². The van der Waals surface area contributed by atoms with E-state index in [0.29, 0.717) is 5.78 Å². The highest BCUT2D eigenvalue weighted by molar-refractivity contribution is 5.27. The molecule has 1 N–H and O–H groups in total. The summed E-state index contributed by atoms with van der Waals surface area (Å²) in [5.41, 5.74) is 1.10. The smallest absolute Gasteiger partial charge is 0.250 e. The number of hydrogen-bond acceptors (Lipinski definition) is 5. The molecule has 16 heavy (non-hydrogen) atoms. The Morgan fingerprint density at radius 3 is 2.94 bits per heavy atom. The monoisotopic (exact) mass is 218 g/mol. The molecule has 0 amide bonds. The van der Waals surface area contributed by atoms with Crippen molar-refractivity contribution in [1.82, 2.24) is 29.8 Å². The van der Waals surface area contributed by atoms with E-state index in [0.717, 1.165) is 38.4 Å². The van der Waals surface area contributed by atoms with Crippen molar-refractivity contribution in [3.63, 3.8) is 0 Å². The van der Waals surface area contributed by atoms with Gasteiger partial charge in [-0.2, -0.15) is 5.10 Å². The first kappa shape index (κ1) is 9.68. The third-order valence-electron chi connectivity index (χ3n) is 2.82. The largest absolute Gasteiger partial charge is 0.314 e. The normalized spacial score (nSPS) is 18.0. The summed E-state index contributed by atoms with van der Waals surface area (Å²) < 4.78 is 1.81. The van der Waals surface area contributed by atoms with E-state index in [-0.39, 0.29) is 0 Å². The van der Waals surface area contributed by atoms with Crippen molar-refractivity contribution >= 4 is 5.78 Å². The highest BCUT2D eigenvalue weighted by Crippen LogP contribution is 2.06. The predicted molar refractivity (Wildman–Crippen MR) is 58.9 cm³/mol. The lowest BCUT2D eigenvalue weighted by atomic mass is 10.3. The fourth-order valence-electron chi connectivity index (χ4n) is 1.99. The van der Waals surface area contributed by atoms with Gasteiger partial charge in [-0.05, 0) is 0 Å². The third kappa shape index (κ3) is 1.77. The van der Waals surface area contributed by atoms with Crippen LogP contribution < -0.4 is 5.32 Å². The van der Waals surface area contributed by atoms with Gasteiger partial charge in [0, 0.05) is 32.7 Å². The van der Waals surface area contributed by atoms with E-state index in [1.165, 1.54) is 0 Å². The maximum Gasteiger partial charge on any atom is 0.250 e. The molecule has 0 radical (unpaired) electrons. The molecule has 6 nitrogen and oxygen atoms in total. The van der Waals surface area contributed by atoms with Crippen molar-refractivity contribution < 1.29 is 0 Å². The summed E-state index contributed by atoms with van der Waals surface area (Å²) in [7, 11) is 0. The molecule has 2 aromatic heterocycles. The molecule has 0 saturated carbocycles. The lowest BCUT2D eigenvalue weighted by Crippen LogP contribution is -2.43. The van der Waals surface area contributed by atoms with Gasteiger partial charge in [0.15, 0.2) is 0 Å². The van der Waals surface area contributed by atoms with Gasteiger partial charge in [0.05, 0.1) is 24.3 Å². The maximum absolute atomic E-state index is 4.26. The number of hydrogen-bond donors (Lipinski definition) is 1. The van der Waals surface area contributed by atoms with Gasteiger partial charge < -0.3 is 5.32 Å². The standard InChI is InChI=1S/C10H14N6/c1-2-14-16-9(7-13-10(16)12-1)8-15-5-3-11-4-6-15/h1-2,7,11H,3-6,8H2. The van der Waals surface area contributed by atoms with Crippen LogP contribution in [0.1, 0.15) is 5.69 Å². The van der Waals surface area contributed by atoms with Crippen LogP contribution in [0.25, 0.3) is 5.78 Å². The lowest BCUT2D eigenvalue weighted by molar-refractivity contribution is 0.229. The van der Waals surface area contributed by atoms with Crippen molar-refractivity contribution in [1.29, 1.82) is 0 Å². The molecule has 0 aliphatic carbocycles. The fourth-order valence-corrected chi connectivity index (χ4v) is 1.99. The Hall–Kier alpha value is -1.53. The highest BCUT2D eigenvalue weighted by Gasteiger charge is 2.12. The first-order valence-electron chi connectivity index (χ1n) is 5.50. The maximum atomic E-state index is 4.26. The number of aromatic nitrogens is 4. The molecule has 0 atom stereocenters. The van der Waals surface area contributed by atoms with Crippen molar-refractivity contribution in [3.05, 3.63) is 24.3 Å². The van der Waals surface area contributed by atoms with Gasteiger partial charge in [-0.15, -0.1) is 0 Å². The van der Waals surface area contributed by atoms with E-state index >= 15 is 0 Å². The third-order valence-corrected chi connectivity index (χ3v) is 2.82. The van der Waals surface area contributed by atoms with Crippen molar-refractivity contribution in [2.45, 2.75) is 6.54 Å². The zero-order chi connectivity index (χ0) is 10.8. The number of nitrogens with one attached hydrogen (secondary N) is 1. The Morgan fingerprint density at radius 1 is 1.19 bits per heavy atom. The summed E-state index contributed by atoms with van der Waals surface area (Å²) in [6.45, 7) is 5.16. The van der Waals surface area contributed by atoms with Crippen LogP contribution in [0.3, 0.4) is 0 Å². The van der Waals surface area contributed by atoms with E-state index in [2.05, 4.69) is 25.3 Å². The second-order valence-corrected chi connectivity index (χ2v) is 3.93. The summed E-state index contributed by atoms with van der Waals surface area (Å²) >= 11 is 0. The number of rotatable bonds is 2. The van der Waals surface area contributed by atoms with E-state index in [4.69, 9.17) is 0 Å². The molecule has 3 heterocycles. The Labute approximate surface area is 93.3 Å². The minimum absolute atomic E-state index is 0.674. The molecule has 1 aliphatic rings. The summed E-state index contributed by atoms with van der Waals surface area (Å²) in [5, 5.41) is 7.60. The number of fused-ring (bicyclic) bond motifs is 1. The van der Waals surface area contributed by atoms with Gasteiger partial charge in [-0.3, -0.25) is 4.90 Å². The van der Waals surface area contributed by atoms with Crippen LogP contribution in [0, 0.1) is 0 Å². The van der Waals surface area contributed by atoms with Crippen LogP contribution in [-0.4, -0.2) is 50.7 Å². The van der Waals surface area contributed by atoms with E-state index in [1.54, 1.807) is 12.4 Å². The first-order chi connectivity index (χ1) is 7.93.